The van der Waals surface area contributed by atoms with Gasteiger partial charge in [-0.15, -0.1) is 10.2 Å². The van der Waals surface area contributed by atoms with Crippen molar-refractivity contribution in [2.24, 2.45) is 0 Å². The number of benzene rings is 1. The van der Waals surface area contributed by atoms with E-state index in [-0.39, 0.29) is 0 Å². The number of carbonyl (C=O) groups excluding carboxylic acids is 1. The Kier molecular flexibility index (Phi) is 6.89. The fraction of sp³-hybridized carbons (Fsp3) is 0.400. The van der Waals surface area contributed by atoms with Crippen LogP contribution in [-0.2, 0) is 14.8 Å². The van der Waals surface area contributed by atoms with Crippen LogP contribution in [0.15, 0.2) is 22.5 Å². The van der Waals surface area contributed by atoms with Crippen LogP contribution < -0.4 is 9.62 Å². The summed E-state index contributed by atoms with van der Waals surface area (Å²) in [5, 5.41) is 11.2. The molecule has 0 spiro atoms. The van der Waals surface area contributed by atoms with E-state index in [2.05, 4.69) is 15.5 Å². The summed E-state index contributed by atoms with van der Waals surface area (Å²) in [5.41, 5.74) is 1.14. The molecule has 0 aliphatic heterocycles. The van der Waals surface area contributed by atoms with Gasteiger partial charge in [-0.3, -0.25) is 14.4 Å². The standard InChI is InChI=1S/C15H19ClN4O3S3/c1-5-24-15-19-18-14(25-15)17-13(21)10(3)20(26(4,22)23)11-7-6-9(2)12(16)8-11/h6-8,10H,5H2,1-4H3,(H,17,18,21). The summed E-state index contributed by atoms with van der Waals surface area (Å²) in [6, 6.07) is 3.87. The molecule has 7 nitrogen and oxygen atoms in total. The van der Waals surface area contributed by atoms with Gasteiger partial charge in [0.25, 0.3) is 0 Å². The van der Waals surface area contributed by atoms with Crippen molar-refractivity contribution in [1.29, 1.82) is 0 Å². The number of aryl methyl sites for hydroxylation is 1. The monoisotopic (exact) mass is 434 g/mol. The summed E-state index contributed by atoms with van der Waals surface area (Å²) in [4.78, 5) is 12.6. The Morgan fingerprint density at radius 2 is 2.12 bits per heavy atom. The van der Waals surface area contributed by atoms with E-state index in [0.29, 0.717) is 15.8 Å². The molecule has 0 bridgehead atoms. The summed E-state index contributed by atoms with van der Waals surface area (Å²) < 4.78 is 26.4. The molecule has 1 N–H and O–H groups in total. The van der Waals surface area contributed by atoms with Crippen LogP contribution in [0.25, 0.3) is 0 Å². The van der Waals surface area contributed by atoms with Crippen LogP contribution in [0.4, 0.5) is 10.8 Å². The van der Waals surface area contributed by atoms with Crippen molar-refractivity contribution in [2.45, 2.75) is 31.2 Å². The molecule has 0 fully saturated rings. The zero-order chi connectivity index (χ0) is 19.5. The summed E-state index contributed by atoms with van der Waals surface area (Å²) in [5.74, 6) is 0.339. The zero-order valence-electron chi connectivity index (χ0n) is 14.7. The van der Waals surface area contributed by atoms with Gasteiger partial charge in [0.2, 0.25) is 21.1 Å². The maximum atomic E-state index is 12.6. The number of amides is 1. The smallest absolute Gasteiger partial charge is 0.249 e. The van der Waals surface area contributed by atoms with Crippen LogP contribution in [0, 0.1) is 6.92 Å². The maximum absolute atomic E-state index is 12.6. The quantitative estimate of drug-likeness (QED) is 0.530. The third kappa shape index (κ3) is 5.09. The molecule has 11 heteroatoms. The third-order valence-electron chi connectivity index (χ3n) is 3.40. The largest absolute Gasteiger partial charge is 0.299 e. The molecule has 0 aliphatic carbocycles. The number of thioether (sulfide) groups is 1. The van der Waals surface area contributed by atoms with Crippen LogP contribution in [0.1, 0.15) is 19.4 Å². The third-order valence-corrected chi connectivity index (χ3v) is 6.91. The highest BCUT2D eigenvalue weighted by Gasteiger charge is 2.30. The van der Waals surface area contributed by atoms with Crippen LogP contribution in [-0.4, -0.2) is 42.6 Å². The van der Waals surface area contributed by atoms with Crippen LogP contribution in [0.5, 0.6) is 0 Å². The van der Waals surface area contributed by atoms with Gasteiger partial charge in [0.1, 0.15) is 6.04 Å². The number of rotatable bonds is 7. The average molecular weight is 435 g/mol. The summed E-state index contributed by atoms with van der Waals surface area (Å²) >= 11 is 8.87. The summed E-state index contributed by atoms with van der Waals surface area (Å²) in [6.07, 6.45) is 1.05. The number of nitrogens with one attached hydrogen (secondary N) is 1. The summed E-state index contributed by atoms with van der Waals surface area (Å²) in [7, 11) is -3.71. The lowest BCUT2D eigenvalue weighted by Crippen LogP contribution is -2.45. The molecule has 1 atom stereocenters. The minimum absolute atomic E-state index is 0.324. The van der Waals surface area contributed by atoms with Crippen molar-refractivity contribution >= 4 is 61.4 Å². The molecule has 0 saturated heterocycles. The van der Waals surface area contributed by atoms with Gasteiger partial charge in [-0.25, -0.2) is 8.42 Å². The lowest BCUT2D eigenvalue weighted by molar-refractivity contribution is -0.116. The Balaban J connectivity index is 2.26. The van der Waals surface area contributed by atoms with Crippen LogP contribution in [0.3, 0.4) is 0 Å². The number of aromatic nitrogens is 2. The van der Waals surface area contributed by atoms with E-state index in [9.17, 15) is 13.2 Å². The van der Waals surface area contributed by atoms with Gasteiger partial charge in [0.15, 0.2) is 4.34 Å². The van der Waals surface area contributed by atoms with Gasteiger partial charge in [-0.05, 0) is 37.3 Å². The molecular weight excluding hydrogens is 416 g/mol. The Morgan fingerprint density at radius 3 is 2.69 bits per heavy atom. The number of nitrogens with zero attached hydrogens (tertiary/aromatic N) is 3. The van der Waals surface area contributed by atoms with Crippen LogP contribution >= 0.6 is 34.7 Å². The fourth-order valence-electron chi connectivity index (χ4n) is 2.18. The second kappa shape index (κ2) is 8.55. The lowest BCUT2D eigenvalue weighted by atomic mass is 10.2. The van der Waals surface area contributed by atoms with E-state index in [0.717, 1.165) is 26.2 Å². The minimum Gasteiger partial charge on any atom is -0.299 e. The number of sulfonamides is 1. The van der Waals surface area contributed by atoms with Gasteiger partial charge < -0.3 is 0 Å². The highest BCUT2D eigenvalue weighted by molar-refractivity contribution is 8.01. The van der Waals surface area contributed by atoms with E-state index in [1.807, 2.05) is 13.8 Å². The van der Waals surface area contributed by atoms with Crippen molar-refractivity contribution in [3.05, 3.63) is 28.8 Å². The number of halogens is 1. The van der Waals surface area contributed by atoms with E-state index >= 15 is 0 Å². The molecular formula is C15H19ClN4O3S3. The molecule has 1 aromatic heterocycles. The Morgan fingerprint density at radius 1 is 1.42 bits per heavy atom. The molecule has 2 rings (SSSR count). The van der Waals surface area contributed by atoms with Crippen LogP contribution in [0.2, 0.25) is 5.02 Å². The second-order valence-corrected chi connectivity index (χ2v) is 10.2. The van der Waals surface area contributed by atoms with Crippen molar-refractivity contribution < 1.29 is 13.2 Å². The van der Waals surface area contributed by atoms with Crippen molar-refractivity contribution in [2.75, 3.05) is 21.6 Å². The molecule has 1 unspecified atom stereocenters. The Hall–Kier alpha value is -1.36. The van der Waals surface area contributed by atoms with Gasteiger partial charge in [-0.1, -0.05) is 47.7 Å². The molecule has 1 aromatic carbocycles. The number of carbonyl (C=O) groups is 1. The van der Waals surface area contributed by atoms with Crippen molar-refractivity contribution in [1.82, 2.24) is 10.2 Å². The zero-order valence-corrected chi connectivity index (χ0v) is 17.9. The molecule has 0 saturated carbocycles. The first-order valence-corrected chi connectivity index (χ1v) is 11.7. The molecule has 1 amide bonds. The first kappa shape index (κ1) is 20.9. The summed E-state index contributed by atoms with van der Waals surface area (Å²) in [6.45, 7) is 5.31. The van der Waals surface area contributed by atoms with E-state index in [1.54, 1.807) is 12.1 Å². The van der Waals surface area contributed by atoms with Gasteiger partial charge >= 0.3 is 0 Å². The van der Waals surface area contributed by atoms with E-state index in [1.165, 1.54) is 36.1 Å². The lowest BCUT2D eigenvalue weighted by Gasteiger charge is -2.28. The first-order valence-electron chi connectivity index (χ1n) is 7.66. The number of hydrogen-bond donors (Lipinski definition) is 1. The first-order chi connectivity index (χ1) is 12.1. The topological polar surface area (TPSA) is 92.3 Å². The average Bonchev–Trinajstić information content (AvgIpc) is 2.97. The molecule has 142 valence electrons. The highest BCUT2D eigenvalue weighted by atomic mass is 35.5. The maximum Gasteiger partial charge on any atom is 0.249 e. The van der Waals surface area contributed by atoms with Gasteiger partial charge in [-0.2, -0.15) is 0 Å². The van der Waals surface area contributed by atoms with Crippen molar-refractivity contribution in [3.8, 4) is 0 Å². The van der Waals surface area contributed by atoms with E-state index in [4.69, 9.17) is 11.6 Å². The Bertz CT molecular complexity index is 901. The Labute approximate surface area is 166 Å². The molecule has 0 aliphatic rings. The molecule has 26 heavy (non-hydrogen) atoms. The SMILES string of the molecule is CCSc1nnc(NC(=O)C(C)N(c2ccc(C)c(Cl)c2)S(C)(=O)=O)s1. The predicted molar refractivity (Wildman–Crippen MR) is 108 cm³/mol. The second-order valence-electron chi connectivity index (χ2n) is 5.46. The predicted octanol–water partition coefficient (Wildman–Crippen LogP) is 3.41. The van der Waals surface area contributed by atoms with Crippen molar-refractivity contribution in [3.63, 3.8) is 0 Å². The van der Waals surface area contributed by atoms with Gasteiger partial charge in [0, 0.05) is 5.02 Å². The highest BCUT2D eigenvalue weighted by Crippen LogP contribution is 2.28. The molecule has 0 radical (unpaired) electrons. The number of hydrogen-bond acceptors (Lipinski definition) is 7. The minimum atomic E-state index is -3.71. The van der Waals surface area contributed by atoms with E-state index < -0.39 is 22.0 Å². The normalized spacial score (nSPS) is 12.7. The fourth-order valence-corrected chi connectivity index (χ4v) is 5.17. The molecule has 2 aromatic rings. The molecule has 1 heterocycles. The van der Waals surface area contributed by atoms with Gasteiger partial charge in [0.05, 0.1) is 11.9 Å². The number of anilines is 2.